The Labute approximate surface area is 129 Å². The number of hydrogen-bond acceptors (Lipinski definition) is 2. The van der Waals surface area contributed by atoms with Crippen LogP contribution in [0.3, 0.4) is 0 Å². The van der Waals surface area contributed by atoms with Gasteiger partial charge in [-0.25, -0.2) is 9.67 Å². The van der Waals surface area contributed by atoms with Gasteiger partial charge >= 0.3 is 0 Å². The lowest BCUT2D eigenvalue weighted by Crippen LogP contribution is -2.05. The molecule has 2 heterocycles. The summed E-state index contributed by atoms with van der Waals surface area (Å²) < 4.78 is 1.95. The molecule has 0 atom stereocenters. The molecule has 0 fully saturated rings. The lowest BCUT2D eigenvalue weighted by molar-refractivity contribution is 0.775. The van der Waals surface area contributed by atoms with E-state index in [0.717, 1.165) is 40.8 Å². The molecule has 108 valence electrons. The fourth-order valence-corrected chi connectivity index (χ4v) is 2.77. The summed E-state index contributed by atoms with van der Waals surface area (Å²) in [4.78, 5) is 4.75. The van der Waals surface area contributed by atoms with Crippen molar-refractivity contribution >= 4 is 22.5 Å². The van der Waals surface area contributed by atoms with Crippen LogP contribution in [0.1, 0.15) is 30.8 Å². The maximum absolute atomic E-state index is 6.11. The van der Waals surface area contributed by atoms with Crippen LogP contribution >= 0.6 is 11.6 Å². The summed E-state index contributed by atoms with van der Waals surface area (Å²) in [6.07, 6.45) is 1.85. The quantitative estimate of drug-likeness (QED) is 0.673. The van der Waals surface area contributed by atoms with Crippen molar-refractivity contribution < 1.29 is 0 Å². The number of benzene rings is 1. The molecule has 21 heavy (non-hydrogen) atoms. The number of para-hydroxylation sites is 1. The third-order valence-corrected chi connectivity index (χ3v) is 4.00. The minimum Gasteiger partial charge on any atom is -0.229 e. The molecule has 0 unspecified atom stereocenters. The first-order valence-corrected chi connectivity index (χ1v) is 7.83. The molecule has 3 rings (SSSR count). The van der Waals surface area contributed by atoms with Crippen LogP contribution in [0.25, 0.3) is 16.7 Å². The van der Waals surface area contributed by atoms with Crippen molar-refractivity contribution in [2.24, 2.45) is 0 Å². The van der Waals surface area contributed by atoms with Gasteiger partial charge in [0.25, 0.3) is 0 Å². The van der Waals surface area contributed by atoms with Crippen molar-refractivity contribution in [2.75, 3.05) is 0 Å². The van der Waals surface area contributed by atoms with Gasteiger partial charge < -0.3 is 0 Å². The SMILES string of the molecule is CCc1cc(CC)n(-c2cc(CCl)c3ccccc3n2)n1. The van der Waals surface area contributed by atoms with E-state index in [4.69, 9.17) is 16.6 Å². The average Bonchev–Trinajstić information content (AvgIpc) is 2.97. The number of nitrogens with zero attached hydrogens (tertiary/aromatic N) is 3. The van der Waals surface area contributed by atoms with Gasteiger partial charge in [0, 0.05) is 17.0 Å². The molecular weight excluding hydrogens is 282 g/mol. The predicted octanol–water partition coefficient (Wildman–Crippen LogP) is 4.28. The highest BCUT2D eigenvalue weighted by molar-refractivity contribution is 6.18. The van der Waals surface area contributed by atoms with Crippen molar-refractivity contribution in [3.05, 3.63) is 53.3 Å². The number of alkyl halides is 1. The minimum absolute atomic E-state index is 0.472. The smallest absolute Gasteiger partial charge is 0.154 e. The molecule has 0 saturated carbocycles. The second kappa shape index (κ2) is 5.86. The molecule has 0 aliphatic heterocycles. The van der Waals surface area contributed by atoms with E-state index in [1.807, 2.05) is 28.9 Å². The molecule has 1 aromatic carbocycles. The van der Waals surface area contributed by atoms with Crippen LogP contribution in [0.4, 0.5) is 0 Å². The van der Waals surface area contributed by atoms with Crippen LogP contribution in [-0.2, 0) is 18.7 Å². The van der Waals surface area contributed by atoms with Gasteiger partial charge in [0.15, 0.2) is 5.82 Å². The molecule has 2 aromatic heterocycles. The first-order chi connectivity index (χ1) is 10.3. The second-order valence-corrected chi connectivity index (χ2v) is 5.30. The van der Waals surface area contributed by atoms with Crippen LogP contribution in [0, 0.1) is 0 Å². The lowest BCUT2D eigenvalue weighted by Gasteiger charge is -2.09. The number of fused-ring (bicyclic) bond motifs is 1. The molecular formula is C17H18ClN3. The minimum atomic E-state index is 0.472. The molecule has 3 aromatic rings. The van der Waals surface area contributed by atoms with Gasteiger partial charge in [-0.1, -0.05) is 32.0 Å². The number of aryl methyl sites for hydroxylation is 2. The van der Waals surface area contributed by atoms with Crippen LogP contribution in [0.2, 0.25) is 0 Å². The van der Waals surface area contributed by atoms with E-state index in [-0.39, 0.29) is 0 Å². The fraction of sp³-hybridized carbons (Fsp3) is 0.294. The van der Waals surface area contributed by atoms with Crippen molar-refractivity contribution in [2.45, 2.75) is 32.6 Å². The van der Waals surface area contributed by atoms with Crippen molar-refractivity contribution in [1.82, 2.24) is 14.8 Å². The Morgan fingerprint density at radius 3 is 2.62 bits per heavy atom. The molecule has 3 nitrogen and oxygen atoms in total. The molecule has 0 aliphatic rings. The summed E-state index contributed by atoms with van der Waals surface area (Å²) in [5, 5.41) is 5.77. The molecule has 0 aliphatic carbocycles. The van der Waals surface area contributed by atoms with Crippen molar-refractivity contribution in [3.63, 3.8) is 0 Å². The zero-order valence-corrected chi connectivity index (χ0v) is 13.1. The Bertz CT molecular complexity index is 777. The summed E-state index contributed by atoms with van der Waals surface area (Å²) in [5.41, 5.74) is 4.32. The number of halogens is 1. The Morgan fingerprint density at radius 2 is 1.90 bits per heavy atom. The second-order valence-electron chi connectivity index (χ2n) is 5.04. The van der Waals surface area contributed by atoms with Crippen LogP contribution < -0.4 is 0 Å². The molecule has 0 amide bonds. The van der Waals surface area contributed by atoms with E-state index >= 15 is 0 Å². The first-order valence-electron chi connectivity index (χ1n) is 7.29. The van der Waals surface area contributed by atoms with Gasteiger partial charge in [0.05, 0.1) is 11.2 Å². The maximum atomic E-state index is 6.11. The monoisotopic (exact) mass is 299 g/mol. The Balaban J connectivity index is 2.23. The highest BCUT2D eigenvalue weighted by atomic mass is 35.5. The summed E-state index contributed by atoms with van der Waals surface area (Å²) in [6, 6.07) is 12.3. The Morgan fingerprint density at radius 1 is 1.10 bits per heavy atom. The molecule has 4 heteroatoms. The number of rotatable bonds is 4. The molecule has 0 radical (unpaired) electrons. The van der Waals surface area contributed by atoms with Gasteiger partial charge in [-0.15, -0.1) is 11.6 Å². The van der Waals surface area contributed by atoms with Crippen LogP contribution in [0.5, 0.6) is 0 Å². The van der Waals surface area contributed by atoms with E-state index in [0.29, 0.717) is 5.88 Å². The van der Waals surface area contributed by atoms with Crippen LogP contribution in [0.15, 0.2) is 36.4 Å². The maximum Gasteiger partial charge on any atom is 0.154 e. The topological polar surface area (TPSA) is 30.7 Å². The van der Waals surface area contributed by atoms with Gasteiger partial charge in [-0.05, 0) is 36.6 Å². The van der Waals surface area contributed by atoms with Crippen molar-refractivity contribution in [3.8, 4) is 5.82 Å². The molecule has 0 spiro atoms. The summed E-state index contributed by atoms with van der Waals surface area (Å²) >= 11 is 6.11. The third-order valence-electron chi connectivity index (χ3n) is 3.71. The molecule has 0 bridgehead atoms. The molecule has 0 saturated heterocycles. The standard InChI is InChI=1S/C17H18ClN3/c1-3-13-10-14(4-2)21(20-13)17-9-12(11-18)15-7-5-6-8-16(15)19-17/h5-10H,3-4,11H2,1-2H3. The predicted molar refractivity (Wildman–Crippen MR) is 87.2 cm³/mol. The highest BCUT2D eigenvalue weighted by Gasteiger charge is 2.11. The molecule has 0 N–H and O–H groups in total. The zero-order valence-electron chi connectivity index (χ0n) is 12.3. The number of pyridine rings is 1. The number of hydrogen-bond donors (Lipinski definition) is 0. The van der Waals surface area contributed by atoms with E-state index in [1.165, 1.54) is 5.69 Å². The average molecular weight is 300 g/mol. The van der Waals surface area contributed by atoms with Crippen LogP contribution in [-0.4, -0.2) is 14.8 Å². The highest BCUT2D eigenvalue weighted by Crippen LogP contribution is 2.22. The van der Waals surface area contributed by atoms with E-state index in [2.05, 4.69) is 31.1 Å². The Kier molecular flexibility index (Phi) is 3.93. The fourth-order valence-electron chi connectivity index (χ4n) is 2.55. The van der Waals surface area contributed by atoms with Gasteiger partial charge in [0.2, 0.25) is 0 Å². The normalized spacial score (nSPS) is 11.2. The number of aromatic nitrogens is 3. The largest absolute Gasteiger partial charge is 0.229 e. The zero-order chi connectivity index (χ0) is 14.8. The van der Waals surface area contributed by atoms with Gasteiger partial charge in [0.1, 0.15) is 0 Å². The summed E-state index contributed by atoms with van der Waals surface area (Å²) in [6.45, 7) is 4.25. The Hall–Kier alpha value is -1.87. The third kappa shape index (κ3) is 2.54. The van der Waals surface area contributed by atoms with Gasteiger partial charge in [-0.3, -0.25) is 0 Å². The van der Waals surface area contributed by atoms with E-state index < -0.39 is 0 Å². The lowest BCUT2D eigenvalue weighted by atomic mass is 10.1. The van der Waals surface area contributed by atoms with E-state index in [9.17, 15) is 0 Å². The van der Waals surface area contributed by atoms with Crippen molar-refractivity contribution in [1.29, 1.82) is 0 Å². The van der Waals surface area contributed by atoms with E-state index in [1.54, 1.807) is 0 Å². The summed E-state index contributed by atoms with van der Waals surface area (Å²) in [5.74, 6) is 1.32. The first kappa shape index (κ1) is 14.1. The van der Waals surface area contributed by atoms with Gasteiger partial charge in [-0.2, -0.15) is 5.10 Å². The summed E-state index contributed by atoms with van der Waals surface area (Å²) in [7, 11) is 0.